The van der Waals surface area contributed by atoms with E-state index in [9.17, 15) is 9.59 Å². The monoisotopic (exact) mass is 468 g/mol. The van der Waals surface area contributed by atoms with Crippen LogP contribution in [0.2, 0.25) is 0 Å². The summed E-state index contributed by atoms with van der Waals surface area (Å²) in [6.07, 6.45) is 1.62. The number of likely N-dealkylation sites (tertiary alicyclic amines) is 1. The molecule has 1 aliphatic heterocycles. The Morgan fingerprint density at radius 3 is 2.63 bits per heavy atom. The zero-order valence-electron chi connectivity index (χ0n) is 15.9. The molecule has 0 saturated carbocycles. The van der Waals surface area contributed by atoms with Crippen molar-refractivity contribution in [3.8, 4) is 0 Å². The van der Waals surface area contributed by atoms with Crippen molar-refractivity contribution in [3.05, 3.63) is 71.1 Å². The van der Waals surface area contributed by atoms with E-state index >= 15 is 0 Å². The lowest BCUT2D eigenvalue weighted by Crippen LogP contribution is -2.33. The summed E-state index contributed by atoms with van der Waals surface area (Å²) in [7, 11) is 0. The fourth-order valence-corrected chi connectivity index (χ4v) is 4.07. The molecule has 2 atom stereocenters. The lowest BCUT2D eigenvalue weighted by atomic mass is 9.95. The van der Waals surface area contributed by atoms with Gasteiger partial charge in [0.2, 0.25) is 5.91 Å². The highest BCUT2D eigenvalue weighted by atomic mass is 35.5. The number of hydrogen-bond donors (Lipinski definition) is 2. The summed E-state index contributed by atoms with van der Waals surface area (Å²) < 4.78 is 5.06. The predicted octanol–water partition coefficient (Wildman–Crippen LogP) is 3.33. The number of aromatic nitrogens is 1. The van der Waals surface area contributed by atoms with Crippen LogP contribution >= 0.6 is 36.2 Å². The second-order valence-corrected chi connectivity index (χ2v) is 7.59. The van der Waals surface area contributed by atoms with Gasteiger partial charge in [-0.1, -0.05) is 30.3 Å². The van der Waals surface area contributed by atoms with Crippen LogP contribution in [-0.2, 0) is 11.2 Å². The molecule has 1 saturated heterocycles. The Bertz CT molecular complexity index is 966. The number of carbonyl (C=O) groups excluding carboxylic acids is 2. The highest BCUT2D eigenvalue weighted by Crippen LogP contribution is 2.27. The summed E-state index contributed by atoms with van der Waals surface area (Å²) in [6.45, 7) is 1.14. The molecule has 4 rings (SSSR count). The Hall–Kier alpha value is -2.39. The summed E-state index contributed by atoms with van der Waals surface area (Å²) >= 11 is 1.28. The smallest absolute Gasteiger partial charge is 0.293 e. The second-order valence-electron chi connectivity index (χ2n) is 6.73. The molecule has 2 aromatic heterocycles. The van der Waals surface area contributed by atoms with E-state index in [4.69, 9.17) is 10.2 Å². The van der Waals surface area contributed by atoms with Gasteiger partial charge in [-0.3, -0.25) is 14.9 Å². The van der Waals surface area contributed by atoms with E-state index < -0.39 is 0 Å². The normalized spacial score (nSPS) is 17.7. The molecule has 0 bridgehead atoms. The van der Waals surface area contributed by atoms with Crippen molar-refractivity contribution in [2.75, 3.05) is 18.4 Å². The molecule has 0 unspecified atom stereocenters. The number of amides is 2. The largest absolute Gasteiger partial charge is 0.459 e. The molecular weight excluding hydrogens is 447 g/mol. The SMILES string of the molecule is Cl.Cl.N[C@@H]1CN(C(=O)Cc2csc(NC(=O)c3ccco3)n2)C[C@H]1c1ccccc1. The van der Waals surface area contributed by atoms with E-state index in [0.29, 0.717) is 23.9 Å². The molecule has 3 heterocycles. The third kappa shape index (κ3) is 5.40. The molecule has 3 aromatic rings. The summed E-state index contributed by atoms with van der Waals surface area (Å²) in [5, 5.41) is 4.89. The average molecular weight is 469 g/mol. The van der Waals surface area contributed by atoms with Crippen molar-refractivity contribution >= 4 is 53.1 Å². The van der Waals surface area contributed by atoms with Gasteiger partial charge in [-0.25, -0.2) is 4.98 Å². The first-order valence-electron chi connectivity index (χ1n) is 8.97. The quantitative estimate of drug-likeness (QED) is 0.597. The van der Waals surface area contributed by atoms with Gasteiger partial charge in [0.05, 0.1) is 18.4 Å². The minimum atomic E-state index is -0.367. The Morgan fingerprint density at radius 2 is 1.93 bits per heavy atom. The highest BCUT2D eigenvalue weighted by Gasteiger charge is 2.33. The lowest BCUT2D eigenvalue weighted by molar-refractivity contribution is -0.129. The maximum atomic E-state index is 12.7. The van der Waals surface area contributed by atoms with Crippen LogP contribution < -0.4 is 11.1 Å². The first kappa shape index (κ1) is 23.9. The lowest BCUT2D eigenvalue weighted by Gasteiger charge is -2.16. The Labute approximate surface area is 190 Å². The van der Waals surface area contributed by atoms with Crippen LogP contribution in [0.1, 0.15) is 27.7 Å². The van der Waals surface area contributed by atoms with E-state index in [0.717, 1.165) is 5.56 Å². The van der Waals surface area contributed by atoms with Gasteiger partial charge in [-0.2, -0.15) is 0 Å². The van der Waals surface area contributed by atoms with Crippen molar-refractivity contribution in [2.24, 2.45) is 5.73 Å². The molecule has 2 amide bonds. The number of anilines is 1. The van der Waals surface area contributed by atoms with Crippen LogP contribution in [0.15, 0.2) is 58.5 Å². The number of nitrogens with one attached hydrogen (secondary N) is 1. The minimum Gasteiger partial charge on any atom is -0.459 e. The molecule has 10 heteroatoms. The van der Waals surface area contributed by atoms with Crippen molar-refractivity contribution in [3.63, 3.8) is 0 Å². The number of carbonyl (C=O) groups is 2. The molecule has 1 aliphatic rings. The van der Waals surface area contributed by atoms with E-state index in [1.54, 1.807) is 22.4 Å². The number of nitrogens with two attached hydrogens (primary N) is 1. The fourth-order valence-electron chi connectivity index (χ4n) is 3.36. The van der Waals surface area contributed by atoms with Crippen LogP contribution in [0, 0.1) is 0 Å². The Morgan fingerprint density at radius 1 is 1.17 bits per heavy atom. The van der Waals surface area contributed by atoms with Crippen LogP contribution in [-0.4, -0.2) is 40.8 Å². The molecule has 30 heavy (non-hydrogen) atoms. The summed E-state index contributed by atoms with van der Waals surface area (Å²) in [5.74, 6) is -0.0221. The maximum Gasteiger partial charge on any atom is 0.293 e. The molecule has 3 N–H and O–H groups in total. The van der Waals surface area contributed by atoms with Crippen LogP contribution in [0.25, 0.3) is 0 Å². The van der Waals surface area contributed by atoms with E-state index in [2.05, 4.69) is 10.3 Å². The predicted molar refractivity (Wildman–Crippen MR) is 121 cm³/mol. The van der Waals surface area contributed by atoms with Gasteiger partial charge in [0.25, 0.3) is 5.91 Å². The minimum absolute atomic E-state index is 0. The molecule has 0 spiro atoms. The van der Waals surface area contributed by atoms with Gasteiger partial charge in [0, 0.05) is 30.4 Å². The van der Waals surface area contributed by atoms with Crippen molar-refractivity contribution < 1.29 is 14.0 Å². The molecule has 0 radical (unpaired) electrons. The number of hydrogen-bond acceptors (Lipinski definition) is 6. The molecular formula is C20H22Cl2N4O3S. The van der Waals surface area contributed by atoms with Crippen molar-refractivity contribution in [1.29, 1.82) is 0 Å². The summed E-state index contributed by atoms with van der Waals surface area (Å²) in [5.41, 5.74) is 8.05. The third-order valence-corrected chi connectivity index (χ3v) is 5.60. The number of rotatable bonds is 5. The third-order valence-electron chi connectivity index (χ3n) is 4.80. The van der Waals surface area contributed by atoms with Gasteiger partial charge < -0.3 is 15.1 Å². The number of furan rings is 1. The number of halogens is 2. The fraction of sp³-hybridized carbons (Fsp3) is 0.250. The Kier molecular flexibility index (Phi) is 8.43. The van der Waals surface area contributed by atoms with E-state index in [1.807, 2.05) is 30.3 Å². The van der Waals surface area contributed by atoms with E-state index in [-0.39, 0.29) is 60.8 Å². The number of nitrogens with zero attached hydrogens (tertiary/aromatic N) is 2. The number of benzene rings is 1. The van der Waals surface area contributed by atoms with Crippen LogP contribution in [0.3, 0.4) is 0 Å². The first-order chi connectivity index (χ1) is 13.6. The zero-order valence-corrected chi connectivity index (χ0v) is 18.3. The van der Waals surface area contributed by atoms with Gasteiger partial charge in [-0.05, 0) is 17.7 Å². The van der Waals surface area contributed by atoms with Crippen LogP contribution in [0.5, 0.6) is 0 Å². The number of thiazole rings is 1. The summed E-state index contributed by atoms with van der Waals surface area (Å²) in [4.78, 5) is 30.8. The highest BCUT2D eigenvalue weighted by molar-refractivity contribution is 7.14. The van der Waals surface area contributed by atoms with E-state index in [1.165, 1.54) is 17.6 Å². The molecule has 1 aromatic carbocycles. The first-order valence-corrected chi connectivity index (χ1v) is 9.85. The second kappa shape index (κ2) is 10.6. The topological polar surface area (TPSA) is 101 Å². The molecule has 7 nitrogen and oxygen atoms in total. The van der Waals surface area contributed by atoms with Gasteiger partial charge >= 0.3 is 0 Å². The van der Waals surface area contributed by atoms with Gasteiger partial charge in [0.15, 0.2) is 10.9 Å². The Balaban J connectivity index is 0.00000160. The molecule has 1 fully saturated rings. The van der Waals surface area contributed by atoms with Crippen molar-refractivity contribution in [1.82, 2.24) is 9.88 Å². The zero-order chi connectivity index (χ0) is 19.5. The molecule has 0 aliphatic carbocycles. The van der Waals surface area contributed by atoms with Gasteiger partial charge in [0.1, 0.15) is 0 Å². The maximum absolute atomic E-state index is 12.7. The van der Waals surface area contributed by atoms with Crippen LogP contribution in [0.4, 0.5) is 5.13 Å². The van der Waals surface area contributed by atoms with Gasteiger partial charge in [-0.15, -0.1) is 36.2 Å². The molecule has 160 valence electrons. The standard InChI is InChI=1S/C20H20N4O3S.2ClH/c21-16-11-24(10-15(16)13-5-2-1-3-6-13)18(25)9-14-12-28-20(22-14)23-19(26)17-7-4-8-27-17;;/h1-8,12,15-16H,9-11,21H2,(H,22,23,26);2*1H/t15-,16+;;/m0../s1. The van der Waals surface area contributed by atoms with Crippen molar-refractivity contribution in [2.45, 2.75) is 18.4 Å². The average Bonchev–Trinajstić information content (AvgIpc) is 3.44. The summed E-state index contributed by atoms with van der Waals surface area (Å²) in [6, 6.07) is 13.2.